The molecule has 4 aromatic rings. The van der Waals surface area contributed by atoms with Gasteiger partial charge in [-0.05, 0) is 69.5 Å². The molecule has 0 spiro atoms. The van der Waals surface area contributed by atoms with Crippen molar-refractivity contribution in [2.75, 3.05) is 12.9 Å². The Hall–Kier alpha value is -2.81. The van der Waals surface area contributed by atoms with Crippen molar-refractivity contribution in [3.8, 4) is 5.75 Å². The largest absolute Gasteiger partial charge is 0.496 e. The quantitative estimate of drug-likeness (QED) is 0.175. The zero-order chi connectivity index (χ0) is 23.2. The van der Waals surface area contributed by atoms with E-state index in [-0.39, 0.29) is 11.7 Å². The minimum absolute atomic E-state index is 0.188. The highest BCUT2D eigenvalue weighted by atomic mass is 79.9. The Labute approximate surface area is 209 Å². The molecule has 9 heteroatoms. The summed E-state index contributed by atoms with van der Waals surface area (Å²) >= 11 is 10.8. The summed E-state index contributed by atoms with van der Waals surface area (Å²) in [5, 5.41) is 5.52. The molecule has 0 bridgehead atoms. The van der Waals surface area contributed by atoms with Crippen LogP contribution in [0.15, 0.2) is 81.5 Å². The van der Waals surface area contributed by atoms with E-state index in [9.17, 15) is 4.79 Å². The molecule has 0 aliphatic heterocycles. The van der Waals surface area contributed by atoms with Gasteiger partial charge in [-0.15, -0.1) is 0 Å². The first-order valence-electron chi connectivity index (χ1n) is 10.0. The maximum absolute atomic E-state index is 12.4. The topological polar surface area (TPSA) is 68.5 Å². The van der Waals surface area contributed by atoms with Crippen molar-refractivity contribution in [1.82, 2.24) is 15.0 Å². The highest BCUT2D eigenvalue weighted by Crippen LogP contribution is 2.26. The van der Waals surface area contributed by atoms with Crippen molar-refractivity contribution in [3.05, 3.63) is 87.4 Å². The Morgan fingerprint density at radius 1 is 1.21 bits per heavy atom. The number of carbonyl (C=O) groups is 1. The van der Waals surface area contributed by atoms with Crippen molar-refractivity contribution < 1.29 is 9.53 Å². The van der Waals surface area contributed by atoms with Crippen LogP contribution in [0.25, 0.3) is 11.0 Å². The molecule has 0 fully saturated rings. The molecule has 6 nitrogen and oxygen atoms in total. The first kappa shape index (κ1) is 23.4. The Balaban J connectivity index is 1.42. The Morgan fingerprint density at radius 3 is 2.76 bits per heavy atom. The number of nitrogens with one attached hydrogen (secondary N) is 1. The van der Waals surface area contributed by atoms with Gasteiger partial charge in [0.25, 0.3) is 5.91 Å². The summed E-state index contributed by atoms with van der Waals surface area (Å²) in [4.78, 5) is 17.1. The van der Waals surface area contributed by atoms with Gasteiger partial charge in [-0.25, -0.2) is 10.4 Å². The Morgan fingerprint density at radius 2 is 2.00 bits per heavy atom. The van der Waals surface area contributed by atoms with Crippen molar-refractivity contribution in [2.24, 2.45) is 5.10 Å². The molecule has 1 amide bonds. The van der Waals surface area contributed by atoms with E-state index in [2.05, 4.69) is 31.0 Å². The molecule has 33 heavy (non-hydrogen) atoms. The molecular formula is C24H20BrClN4O2S. The average Bonchev–Trinajstić information content (AvgIpc) is 3.16. The van der Waals surface area contributed by atoms with Crippen LogP contribution in [0.4, 0.5) is 0 Å². The first-order chi connectivity index (χ1) is 16.0. The SMILES string of the molecule is COc1ccc(/C=N\NC(=O)CSc2nc3ccccc3n2Cc2ccc(Cl)cc2)cc1Br. The summed E-state index contributed by atoms with van der Waals surface area (Å²) in [5.41, 5.74) is 6.40. The number of carbonyl (C=O) groups excluding carboxylic acids is 1. The third kappa shape index (κ3) is 5.96. The Kier molecular flexibility index (Phi) is 7.69. The van der Waals surface area contributed by atoms with Gasteiger partial charge in [0, 0.05) is 5.02 Å². The van der Waals surface area contributed by atoms with Crippen LogP contribution >= 0.6 is 39.3 Å². The van der Waals surface area contributed by atoms with Gasteiger partial charge in [0.1, 0.15) is 5.75 Å². The van der Waals surface area contributed by atoms with Crippen LogP contribution in [0.5, 0.6) is 5.75 Å². The minimum Gasteiger partial charge on any atom is -0.496 e. The summed E-state index contributed by atoms with van der Waals surface area (Å²) in [7, 11) is 1.61. The monoisotopic (exact) mass is 542 g/mol. The molecular weight excluding hydrogens is 524 g/mol. The zero-order valence-electron chi connectivity index (χ0n) is 17.7. The average molecular weight is 544 g/mol. The fraction of sp³-hybridized carbons (Fsp3) is 0.125. The molecule has 3 aromatic carbocycles. The fourth-order valence-corrected chi connectivity index (χ4v) is 4.68. The van der Waals surface area contributed by atoms with E-state index in [1.807, 2.05) is 66.7 Å². The van der Waals surface area contributed by atoms with E-state index in [1.165, 1.54) is 11.8 Å². The number of nitrogens with zero attached hydrogens (tertiary/aromatic N) is 3. The van der Waals surface area contributed by atoms with Gasteiger partial charge in [-0.1, -0.05) is 47.6 Å². The number of ether oxygens (including phenoxy) is 1. The van der Waals surface area contributed by atoms with Crippen LogP contribution in [0, 0.1) is 0 Å². The van der Waals surface area contributed by atoms with Crippen molar-refractivity contribution in [2.45, 2.75) is 11.7 Å². The number of halogens is 2. The highest BCUT2D eigenvalue weighted by Gasteiger charge is 2.13. The molecule has 1 N–H and O–H groups in total. The number of imidazole rings is 1. The normalized spacial score (nSPS) is 11.2. The van der Waals surface area contributed by atoms with Crippen LogP contribution in [0.1, 0.15) is 11.1 Å². The maximum atomic E-state index is 12.4. The number of rotatable bonds is 8. The number of methoxy groups -OCH3 is 1. The molecule has 1 aromatic heterocycles. The Bertz CT molecular complexity index is 1310. The summed E-state index contributed by atoms with van der Waals surface area (Å²) in [6.45, 7) is 0.631. The van der Waals surface area contributed by atoms with Gasteiger partial charge < -0.3 is 9.30 Å². The molecule has 0 saturated heterocycles. The number of fused-ring (bicyclic) bond motifs is 1. The summed E-state index contributed by atoms with van der Waals surface area (Å²) < 4.78 is 8.13. The second-order valence-electron chi connectivity index (χ2n) is 7.07. The van der Waals surface area contributed by atoms with Crippen LogP contribution in [0.3, 0.4) is 0 Å². The predicted molar refractivity (Wildman–Crippen MR) is 137 cm³/mol. The lowest BCUT2D eigenvalue weighted by molar-refractivity contribution is -0.118. The molecule has 0 atom stereocenters. The molecule has 0 unspecified atom stereocenters. The second kappa shape index (κ2) is 10.9. The molecule has 168 valence electrons. The number of amides is 1. The lowest BCUT2D eigenvalue weighted by atomic mass is 10.2. The first-order valence-corrected chi connectivity index (χ1v) is 12.2. The van der Waals surface area contributed by atoms with E-state index in [0.717, 1.165) is 37.5 Å². The van der Waals surface area contributed by atoms with Gasteiger partial charge in [-0.3, -0.25) is 4.79 Å². The highest BCUT2D eigenvalue weighted by molar-refractivity contribution is 9.10. The third-order valence-electron chi connectivity index (χ3n) is 4.78. The fourth-order valence-electron chi connectivity index (χ4n) is 3.19. The van der Waals surface area contributed by atoms with E-state index in [4.69, 9.17) is 21.3 Å². The van der Waals surface area contributed by atoms with Crippen LogP contribution in [-0.4, -0.2) is 34.5 Å². The zero-order valence-corrected chi connectivity index (χ0v) is 20.8. The van der Waals surface area contributed by atoms with Crippen molar-refractivity contribution in [3.63, 3.8) is 0 Å². The van der Waals surface area contributed by atoms with E-state index >= 15 is 0 Å². The maximum Gasteiger partial charge on any atom is 0.250 e. The number of hydrogen-bond acceptors (Lipinski definition) is 5. The van der Waals surface area contributed by atoms with E-state index in [1.54, 1.807) is 13.3 Å². The molecule has 0 aliphatic carbocycles. The molecule has 1 heterocycles. The number of hydrazone groups is 1. The second-order valence-corrected chi connectivity index (χ2v) is 9.30. The molecule has 0 saturated carbocycles. The standard InChI is InChI=1S/C24H20BrClN4O2S/c1-32-22-11-8-17(12-19(22)25)13-27-29-23(31)15-33-24-28-20-4-2-3-5-21(20)30(24)14-16-6-9-18(26)10-7-16/h2-13H,14-15H2,1H3,(H,29,31)/b27-13-. The molecule has 0 aliphatic rings. The summed E-state index contributed by atoms with van der Waals surface area (Å²) in [5.74, 6) is 0.705. The van der Waals surface area contributed by atoms with Crippen LogP contribution < -0.4 is 10.2 Å². The van der Waals surface area contributed by atoms with Gasteiger partial charge in [0.2, 0.25) is 0 Å². The summed E-state index contributed by atoms with van der Waals surface area (Å²) in [6.07, 6.45) is 1.59. The van der Waals surface area contributed by atoms with Crippen molar-refractivity contribution >= 4 is 62.4 Å². The summed E-state index contributed by atoms with van der Waals surface area (Å²) in [6, 6.07) is 21.2. The number of benzene rings is 3. The van der Waals surface area contributed by atoms with Gasteiger partial charge >= 0.3 is 0 Å². The van der Waals surface area contributed by atoms with E-state index < -0.39 is 0 Å². The van der Waals surface area contributed by atoms with Crippen LogP contribution in [-0.2, 0) is 11.3 Å². The molecule has 0 radical (unpaired) electrons. The number of aromatic nitrogens is 2. The number of para-hydroxylation sites is 2. The van der Waals surface area contributed by atoms with Gasteiger partial charge in [0.15, 0.2) is 5.16 Å². The predicted octanol–water partition coefficient (Wildman–Crippen LogP) is 5.75. The lowest BCUT2D eigenvalue weighted by Crippen LogP contribution is -2.20. The smallest absolute Gasteiger partial charge is 0.250 e. The van der Waals surface area contributed by atoms with Gasteiger partial charge in [-0.2, -0.15) is 5.10 Å². The van der Waals surface area contributed by atoms with E-state index in [0.29, 0.717) is 11.6 Å². The van der Waals surface area contributed by atoms with Crippen LogP contribution in [0.2, 0.25) is 5.02 Å². The lowest BCUT2D eigenvalue weighted by Gasteiger charge is -2.09. The minimum atomic E-state index is -0.214. The molecule has 4 rings (SSSR count). The number of hydrogen-bond donors (Lipinski definition) is 1. The van der Waals surface area contributed by atoms with Gasteiger partial charge in [0.05, 0.1) is 41.1 Å². The number of thioether (sulfide) groups is 1. The van der Waals surface area contributed by atoms with Crippen molar-refractivity contribution in [1.29, 1.82) is 0 Å². The third-order valence-corrected chi connectivity index (χ3v) is 6.63.